The molecule has 0 aliphatic carbocycles. The molecule has 0 aliphatic heterocycles. The van der Waals surface area contributed by atoms with Crippen molar-refractivity contribution in [2.24, 2.45) is 0 Å². The van der Waals surface area contributed by atoms with Crippen molar-refractivity contribution in [2.45, 2.75) is 19.9 Å². The zero-order valence-electron chi connectivity index (χ0n) is 12.0. The van der Waals surface area contributed by atoms with Gasteiger partial charge in [0, 0.05) is 30.1 Å². The third-order valence-electron chi connectivity index (χ3n) is 3.17. The van der Waals surface area contributed by atoms with Gasteiger partial charge in [-0.05, 0) is 31.5 Å². The molecule has 0 fully saturated rings. The third kappa shape index (κ3) is 3.17. The first-order valence-electron chi connectivity index (χ1n) is 6.50. The van der Waals surface area contributed by atoms with Crippen LogP contribution in [0.3, 0.4) is 0 Å². The maximum absolute atomic E-state index is 12.2. The second-order valence-electron chi connectivity index (χ2n) is 4.73. The zero-order chi connectivity index (χ0) is 16.3. The Morgan fingerprint density at radius 2 is 2.14 bits per heavy atom. The molecule has 1 amide bonds. The van der Waals surface area contributed by atoms with Gasteiger partial charge in [-0.2, -0.15) is 5.10 Å². The number of anilines is 1. The zero-order valence-corrected chi connectivity index (χ0v) is 12.0. The van der Waals surface area contributed by atoms with Crippen LogP contribution in [0.2, 0.25) is 0 Å². The van der Waals surface area contributed by atoms with E-state index in [0.29, 0.717) is 11.3 Å². The van der Waals surface area contributed by atoms with Gasteiger partial charge >= 0.3 is 0 Å². The minimum absolute atomic E-state index is 0.0514. The summed E-state index contributed by atoms with van der Waals surface area (Å²) in [5.41, 5.74) is 0.574. The summed E-state index contributed by atoms with van der Waals surface area (Å²) in [4.78, 5) is 34.0. The molecule has 2 aromatic rings. The van der Waals surface area contributed by atoms with Crippen molar-refractivity contribution in [3.63, 3.8) is 0 Å². The third-order valence-corrected chi connectivity index (χ3v) is 3.17. The maximum Gasteiger partial charge on any atom is 0.269 e. The molecule has 1 N–H and O–H groups in total. The van der Waals surface area contributed by atoms with Gasteiger partial charge in [0.25, 0.3) is 11.2 Å². The van der Waals surface area contributed by atoms with Crippen LogP contribution in [0.15, 0.2) is 41.3 Å². The lowest BCUT2D eigenvalue weighted by Gasteiger charge is -2.14. The van der Waals surface area contributed by atoms with E-state index in [4.69, 9.17) is 0 Å². The average Bonchev–Trinajstić information content (AvgIpc) is 2.48. The van der Waals surface area contributed by atoms with Crippen LogP contribution in [0.5, 0.6) is 0 Å². The number of carbonyl (C=O) groups is 1. The Hall–Kier alpha value is -3.03. The van der Waals surface area contributed by atoms with Gasteiger partial charge in [-0.3, -0.25) is 19.7 Å². The molecular weight excluding hydrogens is 288 g/mol. The van der Waals surface area contributed by atoms with E-state index in [1.54, 1.807) is 13.8 Å². The molecule has 114 valence electrons. The number of aryl methyl sites for hydroxylation is 1. The van der Waals surface area contributed by atoms with E-state index in [-0.39, 0.29) is 11.2 Å². The SMILES string of the molecule is Cc1cc([N+](=O)[O-])ccc1NC(=O)C(C)n1ncccc1=O. The van der Waals surface area contributed by atoms with Crippen molar-refractivity contribution >= 4 is 17.3 Å². The first kappa shape index (κ1) is 15.4. The monoisotopic (exact) mass is 302 g/mol. The lowest BCUT2D eigenvalue weighted by molar-refractivity contribution is -0.384. The van der Waals surface area contributed by atoms with E-state index in [9.17, 15) is 19.7 Å². The number of non-ortho nitro benzene ring substituents is 1. The highest BCUT2D eigenvalue weighted by atomic mass is 16.6. The van der Waals surface area contributed by atoms with Gasteiger partial charge in [0.2, 0.25) is 5.91 Å². The highest BCUT2D eigenvalue weighted by Crippen LogP contribution is 2.21. The van der Waals surface area contributed by atoms with Crippen molar-refractivity contribution < 1.29 is 9.72 Å². The van der Waals surface area contributed by atoms with Gasteiger partial charge in [-0.25, -0.2) is 4.68 Å². The number of nitrogens with one attached hydrogen (secondary N) is 1. The molecule has 0 radical (unpaired) electrons. The molecule has 0 aliphatic rings. The van der Waals surface area contributed by atoms with Crippen LogP contribution in [0.25, 0.3) is 0 Å². The molecule has 0 saturated carbocycles. The Morgan fingerprint density at radius 3 is 2.73 bits per heavy atom. The smallest absolute Gasteiger partial charge is 0.269 e. The normalized spacial score (nSPS) is 11.7. The van der Waals surface area contributed by atoms with Gasteiger partial charge in [0.15, 0.2) is 0 Å². The maximum atomic E-state index is 12.2. The fourth-order valence-electron chi connectivity index (χ4n) is 1.91. The number of nitro groups is 1. The van der Waals surface area contributed by atoms with E-state index in [2.05, 4.69) is 10.4 Å². The van der Waals surface area contributed by atoms with Crippen LogP contribution in [0.4, 0.5) is 11.4 Å². The Morgan fingerprint density at radius 1 is 1.41 bits per heavy atom. The number of carbonyl (C=O) groups excluding carboxylic acids is 1. The van der Waals surface area contributed by atoms with E-state index >= 15 is 0 Å². The molecule has 2 rings (SSSR count). The Kier molecular flexibility index (Phi) is 4.31. The van der Waals surface area contributed by atoms with Crippen molar-refractivity contribution in [2.75, 3.05) is 5.32 Å². The van der Waals surface area contributed by atoms with Crippen LogP contribution in [0, 0.1) is 17.0 Å². The van der Waals surface area contributed by atoms with E-state index < -0.39 is 16.9 Å². The van der Waals surface area contributed by atoms with Crippen molar-refractivity contribution in [3.05, 3.63) is 62.6 Å². The highest BCUT2D eigenvalue weighted by Gasteiger charge is 2.18. The molecular formula is C14H14N4O4. The van der Waals surface area contributed by atoms with E-state index in [0.717, 1.165) is 4.68 Å². The number of hydrogen-bond acceptors (Lipinski definition) is 5. The highest BCUT2D eigenvalue weighted by molar-refractivity contribution is 5.94. The largest absolute Gasteiger partial charge is 0.324 e. The molecule has 8 heteroatoms. The van der Waals surface area contributed by atoms with Crippen LogP contribution < -0.4 is 10.9 Å². The first-order valence-corrected chi connectivity index (χ1v) is 6.50. The molecule has 0 saturated heterocycles. The summed E-state index contributed by atoms with van der Waals surface area (Å²) < 4.78 is 1.07. The Bertz CT molecular complexity index is 784. The van der Waals surface area contributed by atoms with Gasteiger partial charge in [-0.15, -0.1) is 0 Å². The minimum atomic E-state index is -0.803. The number of aromatic nitrogens is 2. The number of nitro benzene ring substituents is 1. The molecule has 22 heavy (non-hydrogen) atoms. The summed E-state index contributed by atoms with van der Waals surface area (Å²) in [6, 6.07) is 6.13. The summed E-state index contributed by atoms with van der Waals surface area (Å²) in [5, 5.41) is 17.2. The molecule has 0 spiro atoms. The molecule has 8 nitrogen and oxygen atoms in total. The average molecular weight is 302 g/mol. The van der Waals surface area contributed by atoms with Crippen molar-refractivity contribution in [3.8, 4) is 0 Å². The van der Waals surface area contributed by atoms with Gasteiger partial charge in [0.1, 0.15) is 6.04 Å². The second-order valence-corrected chi connectivity index (χ2v) is 4.73. The van der Waals surface area contributed by atoms with Gasteiger partial charge in [0.05, 0.1) is 4.92 Å². The van der Waals surface area contributed by atoms with Gasteiger partial charge in [-0.1, -0.05) is 0 Å². The van der Waals surface area contributed by atoms with Crippen LogP contribution >= 0.6 is 0 Å². The number of amides is 1. The van der Waals surface area contributed by atoms with Crippen LogP contribution in [-0.4, -0.2) is 20.6 Å². The fourth-order valence-corrected chi connectivity index (χ4v) is 1.91. The molecule has 1 aromatic carbocycles. The van der Waals surface area contributed by atoms with Crippen molar-refractivity contribution in [1.82, 2.24) is 9.78 Å². The fraction of sp³-hybridized carbons (Fsp3) is 0.214. The topological polar surface area (TPSA) is 107 Å². The lowest BCUT2D eigenvalue weighted by Crippen LogP contribution is -2.32. The Balaban J connectivity index is 2.20. The first-order chi connectivity index (χ1) is 10.4. The summed E-state index contributed by atoms with van der Waals surface area (Å²) in [5.74, 6) is -0.433. The number of nitrogens with zero attached hydrogens (tertiary/aromatic N) is 3. The molecule has 1 aromatic heterocycles. The van der Waals surface area contributed by atoms with Crippen molar-refractivity contribution in [1.29, 1.82) is 0 Å². The second kappa shape index (κ2) is 6.17. The molecule has 1 atom stereocenters. The predicted molar refractivity (Wildman–Crippen MR) is 79.7 cm³/mol. The van der Waals surface area contributed by atoms with E-state index in [1.165, 1.54) is 36.5 Å². The number of hydrogen-bond donors (Lipinski definition) is 1. The molecule has 1 heterocycles. The Labute approximate surface area is 125 Å². The summed E-state index contributed by atoms with van der Waals surface area (Å²) >= 11 is 0. The summed E-state index contributed by atoms with van der Waals surface area (Å²) in [6.45, 7) is 3.20. The summed E-state index contributed by atoms with van der Waals surface area (Å²) in [6.07, 6.45) is 1.42. The van der Waals surface area contributed by atoms with Gasteiger partial charge < -0.3 is 5.32 Å². The number of benzene rings is 1. The molecule has 0 bridgehead atoms. The quantitative estimate of drug-likeness (QED) is 0.682. The van der Waals surface area contributed by atoms with E-state index in [1.807, 2.05) is 0 Å². The van der Waals surface area contributed by atoms with Crippen LogP contribution in [0.1, 0.15) is 18.5 Å². The minimum Gasteiger partial charge on any atom is -0.324 e. The molecule has 1 unspecified atom stereocenters. The predicted octanol–water partition coefficient (Wildman–Crippen LogP) is 1.66. The standard InChI is InChI=1S/C14H14N4O4/c1-9-8-11(18(21)22)5-6-12(9)16-14(20)10(2)17-13(19)4-3-7-15-17/h3-8,10H,1-2H3,(H,16,20). The summed E-state index contributed by atoms with van der Waals surface area (Å²) in [7, 11) is 0. The lowest BCUT2D eigenvalue weighted by atomic mass is 10.1. The van der Waals surface area contributed by atoms with Crippen LogP contribution in [-0.2, 0) is 4.79 Å². The number of rotatable bonds is 4.